The Balaban J connectivity index is 2.32. The number of hydrogen-bond acceptors (Lipinski definition) is 3. The van der Waals surface area contributed by atoms with E-state index in [4.69, 9.17) is 5.26 Å². The fourth-order valence-corrected chi connectivity index (χ4v) is 1.11. The topological polar surface area (TPSA) is 64.9 Å². The molecule has 4 nitrogen and oxygen atoms in total. The average molecular weight is 203 g/mol. The van der Waals surface area contributed by atoms with Gasteiger partial charge in [-0.15, -0.1) is 0 Å². The van der Waals surface area contributed by atoms with E-state index >= 15 is 0 Å². The van der Waals surface area contributed by atoms with Crippen molar-refractivity contribution in [1.82, 2.24) is 5.32 Å². The minimum atomic E-state index is -0.0309. The Hall–Kier alpha value is -2.02. The normalized spacial score (nSPS) is 9.07. The van der Waals surface area contributed by atoms with Crippen LogP contribution < -0.4 is 10.6 Å². The molecule has 0 unspecified atom stereocenters. The Bertz CT molecular complexity index is 364. The summed E-state index contributed by atoms with van der Waals surface area (Å²) >= 11 is 0. The summed E-state index contributed by atoms with van der Waals surface area (Å²) in [7, 11) is 0. The zero-order valence-corrected chi connectivity index (χ0v) is 8.58. The summed E-state index contributed by atoms with van der Waals surface area (Å²) in [6, 6.07) is 9.23. The zero-order chi connectivity index (χ0) is 11.1. The van der Waals surface area contributed by atoms with Gasteiger partial charge in [0.1, 0.15) is 0 Å². The van der Waals surface area contributed by atoms with Crippen molar-refractivity contribution in [2.45, 2.75) is 6.92 Å². The highest BCUT2D eigenvalue weighted by Crippen LogP contribution is 2.07. The van der Waals surface area contributed by atoms with Crippen molar-refractivity contribution >= 4 is 11.6 Å². The first-order valence-electron chi connectivity index (χ1n) is 4.71. The van der Waals surface area contributed by atoms with Crippen LogP contribution >= 0.6 is 0 Å². The summed E-state index contributed by atoms with van der Waals surface area (Å²) in [6.07, 6.45) is 0. The van der Waals surface area contributed by atoms with E-state index in [-0.39, 0.29) is 5.91 Å². The van der Waals surface area contributed by atoms with E-state index in [2.05, 4.69) is 16.7 Å². The van der Waals surface area contributed by atoms with Crippen molar-refractivity contribution < 1.29 is 4.79 Å². The first-order chi connectivity index (χ1) is 7.22. The lowest BCUT2D eigenvalue weighted by Gasteiger charge is -2.06. The van der Waals surface area contributed by atoms with Gasteiger partial charge >= 0.3 is 0 Å². The van der Waals surface area contributed by atoms with Crippen molar-refractivity contribution in [2.24, 2.45) is 0 Å². The van der Waals surface area contributed by atoms with Gasteiger partial charge in [0.15, 0.2) is 0 Å². The largest absolute Gasteiger partial charge is 0.383 e. The molecule has 1 aromatic carbocycles. The van der Waals surface area contributed by atoms with Gasteiger partial charge in [0.25, 0.3) is 0 Å². The predicted molar refractivity (Wildman–Crippen MR) is 58.3 cm³/mol. The van der Waals surface area contributed by atoms with Gasteiger partial charge in [0, 0.05) is 25.7 Å². The summed E-state index contributed by atoms with van der Waals surface area (Å²) in [5.41, 5.74) is 1.58. The molecule has 0 aliphatic carbocycles. The fraction of sp³-hybridized carbons (Fsp3) is 0.273. The maximum Gasteiger partial charge on any atom is 0.216 e. The molecule has 0 atom stereocenters. The van der Waals surface area contributed by atoms with Crippen molar-refractivity contribution in [3.05, 3.63) is 29.8 Å². The van der Waals surface area contributed by atoms with Crippen LogP contribution in [-0.4, -0.2) is 19.0 Å². The van der Waals surface area contributed by atoms with Gasteiger partial charge in [0.2, 0.25) is 5.91 Å². The Kier molecular flexibility index (Phi) is 4.17. The summed E-state index contributed by atoms with van der Waals surface area (Å²) in [5.74, 6) is -0.0309. The molecule has 2 N–H and O–H groups in total. The lowest BCUT2D eigenvalue weighted by atomic mass is 10.2. The van der Waals surface area contributed by atoms with E-state index in [9.17, 15) is 4.79 Å². The standard InChI is InChI=1S/C11H13N3O/c1-9(15)13-6-7-14-11-4-2-10(8-12)3-5-11/h2-5,14H,6-7H2,1H3,(H,13,15). The average Bonchev–Trinajstić information content (AvgIpc) is 2.25. The lowest BCUT2D eigenvalue weighted by molar-refractivity contribution is -0.118. The van der Waals surface area contributed by atoms with E-state index in [0.717, 1.165) is 5.69 Å². The molecule has 78 valence electrons. The number of nitriles is 1. The van der Waals surface area contributed by atoms with Gasteiger partial charge in [0.05, 0.1) is 11.6 Å². The number of carbonyl (C=O) groups is 1. The highest BCUT2D eigenvalue weighted by molar-refractivity contribution is 5.72. The molecule has 0 aliphatic heterocycles. The molecule has 0 bridgehead atoms. The molecule has 0 radical (unpaired) electrons. The third kappa shape index (κ3) is 4.14. The molecule has 0 saturated carbocycles. The first-order valence-corrected chi connectivity index (χ1v) is 4.71. The summed E-state index contributed by atoms with van der Waals surface area (Å²) < 4.78 is 0. The van der Waals surface area contributed by atoms with Gasteiger partial charge in [-0.3, -0.25) is 4.79 Å². The van der Waals surface area contributed by atoms with Crippen LogP contribution in [0.1, 0.15) is 12.5 Å². The number of amides is 1. The molecule has 4 heteroatoms. The number of rotatable bonds is 4. The number of nitrogens with one attached hydrogen (secondary N) is 2. The van der Waals surface area contributed by atoms with Gasteiger partial charge in [-0.2, -0.15) is 5.26 Å². The van der Waals surface area contributed by atoms with Crippen LogP contribution in [-0.2, 0) is 4.79 Å². The minimum Gasteiger partial charge on any atom is -0.383 e. The Morgan fingerprint density at radius 2 is 2.00 bits per heavy atom. The van der Waals surface area contributed by atoms with E-state index in [1.165, 1.54) is 6.92 Å². The highest BCUT2D eigenvalue weighted by atomic mass is 16.1. The van der Waals surface area contributed by atoms with Gasteiger partial charge in [-0.1, -0.05) is 0 Å². The molecule has 0 saturated heterocycles. The van der Waals surface area contributed by atoms with Gasteiger partial charge in [-0.05, 0) is 24.3 Å². The Morgan fingerprint density at radius 3 is 2.53 bits per heavy atom. The number of hydrogen-bond donors (Lipinski definition) is 2. The van der Waals surface area contributed by atoms with Gasteiger partial charge in [-0.25, -0.2) is 0 Å². The molecule has 0 spiro atoms. The first kappa shape index (κ1) is 11.1. The van der Waals surface area contributed by atoms with E-state index in [1.54, 1.807) is 12.1 Å². The molecule has 15 heavy (non-hydrogen) atoms. The second-order valence-corrected chi connectivity index (χ2v) is 3.10. The van der Waals surface area contributed by atoms with Crippen molar-refractivity contribution in [1.29, 1.82) is 5.26 Å². The molecule has 0 heterocycles. The molecule has 0 aromatic heterocycles. The number of carbonyl (C=O) groups excluding carboxylic acids is 1. The number of benzene rings is 1. The molecular weight excluding hydrogens is 190 g/mol. The predicted octanol–water partition coefficient (Wildman–Crippen LogP) is 1.11. The molecule has 1 aromatic rings. The zero-order valence-electron chi connectivity index (χ0n) is 8.58. The molecule has 0 fully saturated rings. The van der Waals surface area contributed by atoms with Crippen LogP contribution in [0.4, 0.5) is 5.69 Å². The third-order valence-electron chi connectivity index (χ3n) is 1.84. The van der Waals surface area contributed by atoms with E-state index in [0.29, 0.717) is 18.7 Å². The summed E-state index contributed by atoms with van der Waals surface area (Å²) in [6.45, 7) is 2.75. The summed E-state index contributed by atoms with van der Waals surface area (Å²) in [5, 5.41) is 14.4. The molecule has 1 rings (SSSR count). The monoisotopic (exact) mass is 203 g/mol. The van der Waals surface area contributed by atoms with Crippen LogP contribution in [0.3, 0.4) is 0 Å². The molecular formula is C11H13N3O. The van der Waals surface area contributed by atoms with Crippen molar-refractivity contribution in [3.63, 3.8) is 0 Å². The Morgan fingerprint density at radius 1 is 1.33 bits per heavy atom. The smallest absolute Gasteiger partial charge is 0.216 e. The quantitative estimate of drug-likeness (QED) is 0.720. The van der Waals surface area contributed by atoms with Crippen LogP contribution in [0.2, 0.25) is 0 Å². The number of anilines is 1. The molecule has 1 amide bonds. The second-order valence-electron chi connectivity index (χ2n) is 3.10. The van der Waals surface area contributed by atoms with Crippen molar-refractivity contribution in [2.75, 3.05) is 18.4 Å². The minimum absolute atomic E-state index is 0.0309. The number of nitrogens with zero attached hydrogens (tertiary/aromatic N) is 1. The van der Waals surface area contributed by atoms with Crippen molar-refractivity contribution in [3.8, 4) is 6.07 Å². The third-order valence-corrected chi connectivity index (χ3v) is 1.84. The highest BCUT2D eigenvalue weighted by Gasteiger charge is 1.93. The van der Waals surface area contributed by atoms with Crippen LogP contribution in [0.5, 0.6) is 0 Å². The summed E-state index contributed by atoms with van der Waals surface area (Å²) in [4.78, 5) is 10.6. The Labute approximate surface area is 88.9 Å². The maximum absolute atomic E-state index is 10.6. The SMILES string of the molecule is CC(=O)NCCNc1ccc(C#N)cc1. The lowest BCUT2D eigenvalue weighted by Crippen LogP contribution is -2.26. The fourth-order valence-electron chi connectivity index (χ4n) is 1.11. The van der Waals surface area contributed by atoms with Crippen LogP contribution in [0.15, 0.2) is 24.3 Å². The van der Waals surface area contributed by atoms with E-state index in [1.807, 2.05) is 12.1 Å². The van der Waals surface area contributed by atoms with E-state index < -0.39 is 0 Å². The van der Waals surface area contributed by atoms with Crippen LogP contribution in [0, 0.1) is 11.3 Å². The second kappa shape index (κ2) is 5.66. The maximum atomic E-state index is 10.6. The molecule has 0 aliphatic rings. The van der Waals surface area contributed by atoms with Gasteiger partial charge < -0.3 is 10.6 Å². The van der Waals surface area contributed by atoms with Crippen LogP contribution in [0.25, 0.3) is 0 Å².